The fourth-order valence-electron chi connectivity index (χ4n) is 2.13. The number of aromatic nitrogens is 2. The van der Waals surface area contributed by atoms with Crippen molar-refractivity contribution in [1.82, 2.24) is 15.1 Å². The summed E-state index contributed by atoms with van der Waals surface area (Å²) in [5.41, 5.74) is 1.36. The first-order chi connectivity index (χ1) is 6.13. The second kappa shape index (κ2) is 3.10. The molecule has 1 N–H and O–H groups in total. The van der Waals surface area contributed by atoms with Crippen molar-refractivity contribution in [3.63, 3.8) is 0 Å². The van der Waals surface area contributed by atoms with Gasteiger partial charge in [-0.3, -0.25) is 4.68 Å². The Morgan fingerprint density at radius 3 is 2.92 bits per heavy atom. The minimum atomic E-state index is 0.101. The molecule has 0 radical (unpaired) electrons. The lowest BCUT2D eigenvalue weighted by molar-refractivity contribution is 0.398. The van der Waals surface area contributed by atoms with Gasteiger partial charge < -0.3 is 5.32 Å². The summed E-state index contributed by atoms with van der Waals surface area (Å²) in [4.78, 5) is 0. The smallest absolute Gasteiger partial charge is 0.0720 e. The van der Waals surface area contributed by atoms with Crippen LogP contribution in [0.5, 0.6) is 0 Å². The second-order valence-corrected chi connectivity index (χ2v) is 4.68. The van der Waals surface area contributed by atoms with Crippen LogP contribution in [0.2, 0.25) is 0 Å². The van der Waals surface area contributed by atoms with Gasteiger partial charge in [-0.05, 0) is 42.2 Å². The Balaban J connectivity index is 2.43. The van der Waals surface area contributed by atoms with Gasteiger partial charge in [0.15, 0.2) is 0 Å². The van der Waals surface area contributed by atoms with Crippen LogP contribution in [0.3, 0.4) is 0 Å². The molecule has 0 saturated carbocycles. The first-order valence-corrected chi connectivity index (χ1v) is 5.36. The van der Waals surface area contributed by atoms with E-state index >= 15 is 0 Å². The zero-order chi connectivity index (χ0) is 9.47. The first kappa shape index (κ1) is 9.21. The summed E-state index contributed by atoms with van der Waals surface area (Å²) in [5, 5.41) is 7.76. The van der Waals surface area contributed by atoms with Gasteiger partial charge >= 0.3 is 0 Å². The van der Waals surface area contributed by atoms with Gasteiger partial charge in [-0.1, -0.05) is 0 Å². The number of rotatable bonds is 1. The summed E-state index contributed by atoms with van der Waals surface area (Å²) in [6.45, 7) is 3.34. The largest absolute Gasteiger partial charge is 0.306 e. The van der Waals surface area contributed by atoms with E-state index in [0.29, 0.717) is 0 Å². The van der Waals surface area contributed by atoms with E-state index in [0.717, 1.165) is 11.0 Å². The van der Waals surface area contributed by atoms with Crippen LogP contribution in [-0.4, -0.2) is 16.3 Å². The van der Waals surface area contributed by atoms with Crippen molar-refractivity contribution in [1.29, 1.82) is 0 Å². The lowest BCUT2D eigenvalue weighted by atomic mass is 9.96. The first-order valence-electron chi connectivity index (χ1n) is 4.56. The third-order valence-electron chi connectivity index (χ3n) is 2.79. The standard InChI is InChI=1S/C9H14BrN3/c1-9(4-3-5-11-9)8-7(10)6-12-13(8)2/h6,11H,3-5H2,1-2H3. The van der Waals surface area contributed by atoms with E-state index in [1.165, 1.54) is 18.5 Å². The van der Waals surface area contributed by atoms with Crippen molar-refractivity contribution < 1.29 is 0 Å². The molecule has 1 unspecified atom stereocenters. The molecule has 0 amide bonds. The lowest BCUT2D eigenvalue weighted by Gasteiger charge is -2.25. The van der Waals surface area contributed by atoms with Crippen molar-refractivity contribution in [3.05, 3.63) is 16.4 Å². The van der Waals surface area contributed by atoms with Gasteiger partial charge in [0.1, 0.15) is 0 Å². The predicted molar refractivity (Wildman–Crippen MR) is 55.5 cm³/mol. The molecular formula is C9H14BrN3. The van der Waals surface area contributed by atoms with Crippen LogP contribution in [0, 0.1) is 0 Å². The number of hydrogen-bond acceptors (Lipinski definition) is 2. The normalized spacial score (nSPS) is 28.2. The maximum absolute atomic E-state index is 4.24. The summed E-state index contributed by atoms with van der Waals surface area (Å²) in [7, 11) is 1.99. The summed E-state index contributed by atoms with van der Waals surface area (Å²) in [5.74, 6) is 0. The van der Waals surface area contributed by atoms with Crippen LogP contribution >= 0.6 is 15.9 Å². The molecule has 1 fully saturated rings. The molecule has 4 heteroatoms. The average molecular weight is 244 g/mol. The van der Waals surface area contributed by atoms with Crippen molar-refractivity contribution in [2.45, 2.75) is 25.3 Å². The van der Waals surface area contributed by atoms with Gasteiger partial charge in [-0.25, -0.2) is 0 Å². The molecule has 1 aromatic heterocycles. The van der Waals surface area contributed by atoms with Gasteiger partial charge in [0, 0.05) is 7.05 Å². The minimum Gasteiger partial charge on any atom is -0.306 e. The van der Waals surface area contributed by atoms with Crippen LogP contribution in [0.1, 0.15) is 25.5 Å². The highest BCUT2D eigenvalue weighted by atomic mass is 79.9. The highest BCUT2D eigenvalue weighted by Gasteiger charge is 2.34. The highest BCUT2D eigenvalue weighted by molar-refractivity contribution is 9.10. The summed E-state index contributed by atoms with van der Waals surface area (Å²) in [6, 6.07) is 0. The third kappa shape index (κ3) is 1.42. The maximum atomic E-state index is 4.24. The molecule has 1 aliphatic heterocycles. The molecule has 0 aromatic carbocycles. The molecule has 1 aliphatic rings. The quantitative estimate of drug-likeness (QED) is 0.816. The topological polar surface area (TPSA) is 29.9 Å². The third-order valence-corrected chi connectivity index (χ3v) is 3.37. The van der Waals surface area contributed by atoms with Crippen LogP contribution in [0.4, 0.5) is 0 Å². The Kier molecular flexibility index (Phi) is 2.20. The zero-order valence-electron chi connectivity index (χ0n) is 7.97. The van der Waals surface area contributed by atoms with Crippen molar-refractivity contribution in [2.75, 3.05) is 6.54 Å². The molecule has 0 aliphatic carbocycles. The molecule has 72 valence electrons. The number of hydrogen-bond donors (Lipinski definition) is 1. The highest BCUT2D eigenvalue weighted by Crippen LogP contribution is 2.34. The fraction of sp³-hybridized carbons (Fsp3) is 0.667. The molecule has 2 rings (SSSR count). The Labute approximate surface area is 86.6 Å². The van der Waals surface area contributed by atoms with Gasteiger partial charge in [-0.15, -0.1) is 0 Å². The van der Waals surface area contributed by atoms with E-state index in [1.54, 1.807) is 0 Å². The molecule has 1 aromatic rings. The number of nitrogens with one attached hydrogen (secondary N) is 1. The average Bonchev–Trinajstić information content (AvgIpc) is 2.60. The lowest BCUT2D eigenvalue weighted by Crippen LogP contribution is -2.35. The van der Waals surface area contributed by atoms with E-state index in [1.807, 2.05) is 17.9 Å². The summed E-state index contributed by atoms with van der Waals surface area (Å²) in [6.07, 6.45) is 4.29. The van der Waals surface area contributed by atoms with Crippen LogP contribution in [-0.2, 0) is 12.6 Å². The molecule has 1 saturated heterocycles. The summed E-state index contributed by atoms with van der Waals surface area (Å²) < 4.78 is 3.05. The number of nitrogens with zero attached hydrogens (tertiary/aromatic N) is 2. The monoisotopic (exact) mass is 243 g/mol. The molecule has 0 spiro atoms. The van der Waals surface area contributed by atoms with Crippen LogP contribution in [0.15, 0.2) is 10.7 Å². The maximum Gasteiger partial charge on any atom is 0.0720 e. The van der Waals surface area contributed by atoms with Crippen molar-refractivity contribution in [3.8, 4) is 0 Å². The van der Waals surface area contributed by atoms with Gasteiger partial charge in [0.25, 0.3) is 0 Å². The number of aryl methyl sites for hydroxylation is 1. The Morgan fingerprint density at radius 1 is 1.69 bits per heavy atom. The van der Waals surface area contributed by atoms with Crippen molar-refractivity contribution in [2.24, 2.45) is 7.05 Å². The predicted octanol–water partition coefficient (Wildman–Crippen LogP) is 1.78. The van der Waals surface area contributed by atoms with Crippen LogP contribution < -0.4 is 5.32 Å². The Morgan fingerprint density at radius 2 is 2.46 bits per heavy atom. The van der Waals surface area contributed by atoms with Crippen LogP contribution in [0.25, 0.3) is 0 Å². The Hall–Kier alpha value is -0.350. The van der Waals surface area contributed by atoms with E-state index in [-0.39, 0.29) is 5.54 Å². The molecule has 2 heterocycles. The minimum absolute atomic E-state index is 0.101. The molecular weight excluding hydrogens is 230 g/mol. The SMILES string of the molecule is Cn1ncc(Br)c1C1(C)CCCN1. The molecule has 3 nitrogen and oxygen atoms in total. The zero-order valence-corrected chi connectivity index (χ0v) is 9.56. The van der Waals surface area contributed by atoms with Gasteiger partial charge in [0.2, 0.25) is 0 Å². The van der Waals surface area contributed by atoms with Gasteiger partial charge in [0.05, 0.1) is 21.9 Å². The number of halogens is 1. The second-order valence-electron chi connectivity index (χ2n) is 3.83. The van der Waals surface area contributed by atoms with Crippen molar-refractivity contribution >= 4 is 15.9 Å². The van der Waals surface area contributed by atoms with Gasteiger partial charge in [-0.2, -0.15) is 5.10 Å². The summed E-state index contributed by atoms with van der Waals surface area (Å²) >= 11 is 3.54. The Bertz CT molecular complexity index is 293. The van der Waals surface area contributed by atoms with E-state index in [9.17, 15) is 0 Å². The van der Waals surface area contributed by atoms with E-state index in [4.69, 9.17) is 0 Å². The molecule has 13 heavy (non-hydrogen) atoms. The molecule has 1 atom stereocenters. The van der Waals surface area contributed by atoms with E-state index < -0.39 is 0 Å². The fourth-order valence-corrected chi connectivity index (χ4v) is 2.91. The molecule has 0 bridgehead atoms. The van der Waals surface area contributed by atoms with E-state index in [2.05, 4.69) is 33.3 Å².